The summed E-state index contributed by atoms with van der Waals surface area (Å²) in [6, 6.07) is 8.47. The van der Waals surface area contributed by atoms with Gasteiger partial charge in [-0.05, 0) is 37.1 Å². The smallest absolute Gasteiger partial charge is 0.101 e. The molecule has 4 nitrogen and oxygen atoms in total. The molecule has 0 aliphatic carbocycles. The molecule has 1 atom stereocenters. The Hall–Kier alpha value is -1.57. The summed E-state index contributed by atoms with van der Waals surface area (Å²) < 4.78 is 0. The molecule has 2 N–H and O–H groups in total. The topological polar surface area (TPSA) is 59.3 Å². The average molecular weight is 259 g/mol. The van der Waals surface area contributed by atoms with Gasteiger partial charge in [-0.25, -0.2) is 0 Å². The minimum absolute atomic E-state index is 0.157. The van der Waals surface area contributed by atoms with Gasteiger partial charge in [-0.1, -0.05) is 13.0 Å². The zero-order valence-corrected chi connectivity index (χ0v) is 11.4. The fourth-order valence-corrected chi connectivity index (χ4v) is 2.65. The first-order valence-electron chi connectivity index (χ1n) is 6.91. The van der Waals surface area contributed by atoms with E-state index in [1.807, 2.05) is 12.1 Å². The number of nitriles is 1. The Kier molecular flexibility index (Phi) is 4.78. The van der Waals surface area contributed by atoms with Crippen LogP contribution in [0.2, 0.25) is 0 Å². The highest BCUT2D eigenvalue weighted by Gasteiger charge is 2.25. The minimum Gasteiger partial charge on any atom is -0.394 e. The zero-order valence-electron chi connectivity index (χ0n) is 11.4. The number of nitrogens with zero attached hydrogens (tertiary/aromatic N) is 2. The molecular formula is C15H21N3O. The fourth-order valence-electron chi connectivity index (χ4n) is 2.65. The van der Waals surface area contributed by atoms with Crippen LogP contribution in [0, 0.1) is 11.3 Å². The van der Waals surface area contributed by atoms with Crippen molar-refractivity contribution in [3.05, 3.63) is 29.3 Å². The van der Waals surface area contributed by atoms with E-state index in [0.717, 1.165) is 43.7 Å². The summed E-state index contributed by atoms with van der Waals surface area (Å²) in [6.07, 6.45) is 2.08. The lowest BCUT2D eigenvalue weighted by Crippen LogP contribution is -2.32. The molecule has 4 heteroatoms. The Bertz CT molecular complexity index is 467. The van der Waals surface area contributed by atoms with Crippen LogP contribution in [0.1, 0.15) is 30.9 Å². The van der Waals surface area contributed by atoms with E-state index in [4.69, 9.17) is 0 Å². The van der Waals surface area contributed by atoms with Gasteiger partial charge in [0.15, 0.2) is 0 Å². The summed E-state index contributed by atoms with van der Waals surface area (Å²) in [6.45, 7) is 4.85. The predicted octanol–water partition coefficient (Wildman–Crippen LogP) is 1.63. The van der Waals surface area contributed by atoms with E-state index in [1.54, 1.807) is 0 Å². The van der Waals surface area contributed by atoms with Crippen LogP contribution < -0.4 is 10.2 Å². The predicted molar refractivity (Wildman–Crippen MR) is 76.0 cm³/mol. The second kappa shape index (κ2) is 6.55. The number of anilines is 1. The van der Waals surface area contributed by atoms with Gasteiger partial charge in [-0.15, -0.1) is 0 Å². The molecule has 19 heavy (non-hydrogen) atoms. The lowest BCUT2D eigenvalue weighted by atomic mass is 10.1. The maximum atomic E-state index is 9.40. The molecule has 1 aliphatic rings. The number of aliphatic hydroxyl groups excluding tert-OH is 1. The SMILES string of the molecule is CCNCc1ccc(N2CCCC2CO)c(C#N)c1. The lowest BCUT2D eigenvalue weighted by Gasteiger charge is -2.26. The van der Waals surface area contributed by atoms with Gasteiger partial charge < -0.3 is 15.3 Å². The highest BCUT2D eigenvalue weighted by Crippen LogP contribution is 2.29. The van der Waals surface area contributed by atoms with Crippen LogP contribution in [0.15, 0.2) is 18.2 Å². The largest absolute Gasteiger partial charge is 0.394 e. The van der Waals surface area contributed by atoms with Gasteiger partial charge in [-0.2, -0.15) is 5.26 Å². The molecule has 1 heterocycles. The molecule has 0 radical (unpaired) electrons. The summed E-state index contributed by atoms with van der Waals surface area (Å²) in [5, 5.41) is 22.0. The Morgan fingerprint density at radius 2 is 2.37 bits per heavy atom. The van der Waals surface area contributed by atoms with Crippen LogP contribution in [0.4, 0.5) is 5.69 Å². The van der Waals surface area contributed by atoms with Crippen molar-refractivity contribution in [1.82, 2.24) is 5.32 Å². The standard InChI is InChI=1S/C15H21N3O/c1-2-17-10-12-5-6-15(13(8-12)9-16)18-7-3-4-14(18)11-19/h5-6,8,14,17,19H,2-4,7,10-11H2,1H3. The fraction of sp³-hybridized carbons (Fsp3) is 0.533. The summed E-state index contributed by atoms with van der Waals surface area (Å²) >= 11 is 0. The van der Waals surface area contributed by atoms with Crippen molar-refractivity contribution in [2.75, 3.05) is 24.6 Å². The highest BCUT2D eigenvalue weighted by atomic mass is 16.3. The quantitative estimate of drug-likeness (QED) is 0.844. The molecule has 102 valence electrons. The van der Waals surface area contributed by atoms with Crippen molar-refractivity contribution in [1.29, 1.82) is 5.26 Å². The van der Waals surface area contributed by atoms with Crippen LogP contribution in [0.3, 0.4) is 0 Å². The molecule has 0 bridgehead atoms. The number of rotatable bonds is 5. The van der Waals surface area contributed by atoms with Crippen molar-refractivity contribution in [2.24, 2.45) is 0 Å². The van der Waals surface area contributed by atoms with Gasteiger partial charge in [0, 0.05) is 13.1 Å². The number of hydrogen-bond acceptors (Lipinski definition) is 4. The molecule has 0 aromatic heterocycles. The number of benzene rings is 1. The normalized spacial score (nSPS) is 18.6. The van der Waals surface area contributed by atoms with E-state index in [2.05, 4.69) is 29.3 Å². The van der Waals surface area contributed by atoms with Gasteiger partial charge in [0.05, 0.1) is 23.9 Å². The van der Waals surface area contributed by atoms with Gasteiger partial charge in [-0.3, -0.25) is 0 Å². The zero-order chi connectivity index (χ0) is 13.7. The Morgan fingerprint density at radius 3 is 3.05 bits per heavy atom. The van der Waals surface area contributed by atoms with Crippen LogP contribution in [0.25, 0.3) is 0 Å². The first-order chi connectivity index (χ1) is 9.30. The third-order valence-corrected chi connectivity index (χ3v) is 3.66. The molecule has 1 fully saturated rings. The Morgan fingerprint density at radius 1 is 1.53 bits per heavy atom. The van der Waals surface area contributed by atoms with E-state index < -0.39 is 0 Å². The number of aliphatic hydroxyl groups is 1. The first-order valence-corrected chi connectivity index (χ1v) is 6.91. The molecule has 1 unspecified atom stereocenters. The molecular weight excluding hydrogens is 238 g/mol. The maximum Gasteiger partial charge on any atom is 0.101 e. The molecule has 0 amide bonds. The Balaban J connectivity index is 2.23. The van der Waals surface area contributed by atoms with Crippen molar-refractivity contribution in [2.45, 2.75) is 32.4 Å². The Labute approximate surface area is 114 Å². The monoisotopic (exact) mass is 259 g/mol. The van der Waals surface area contributed by atoms with E-state index in [1.165, 1.54) is 0 Å². The van der Waals surface area contributed by atoms with Gasteiger partial charge >= 0.3 is 0 Å². The summed E-state index contributed by atoms with van der Waals surface area (Å²) in [7, 11) is 0. The van der Waals surface area contributed by atoms with E-state index >= 15 is 0 Å². The van der Waals surface area contributed by atoms with Gasteiger partial charge in [0.1, 0.15) is 6.07 Å². The molecule has 1 saturated heterocycles. The van der Waals surface area contributed by atoms with Gasteiger partial charge in [0.25, 0.3) is 0 Å². The number of hydrogen-bond donors (Lipinski definition) is 2. The third-order valence-electron chi connectivity index (χ3n) is 3.66. The summed E-state index contributed by atoms with van der Waals surface area (Å²) in [5.74, 6) is 0. The van der Waals surface area contributed by atoms with E-state index in [9.17, 15) is 10.4 Å². The third kappa shape index (κ3) is 3.06. The highest BCUT2D eigenvalue weighted by molar-refractivity contribution is 5.61. The van der Waals surface area contributed by atoms with Crippen LogP contribution in [0.5, 0.6) is 0 Å². The second-order valence-corrected chi connectivity index (χ2v) is 4.92. The molecule has 2 rings (SSSR count). The lowest BCUT2D eigenvalue weighted by molar-refractivity contribution is 0.266. The minimum atomic E-state index is 0.157. The van der Waals surface area contributed by atoms with E-state index in [0.29, 0.717) is 5.56 Å². The molecule has 0 spiro atoms. The molecule has 1 aromatic carbocycles. The van der Waals surface area contributed by atoms with Crippen LogP contribution in [-0.2, 0) is 6.54 Å². The summed E-state index contributed by atoms with van der Waals surface area (Å²) in [5.41, 5.74) is 2.79. The van der Waals surface area contributed by atoms with Gasteiger partial charge in [0.2, 0.25) is 0 Å². The molecule has 1 aliphatic heterocycles. The van der Waals surface area contributed by atoms with Crippen molar-refractivity contribution in [3.8, 4) is 6.07 Å². The molecule has 0 saturated carbocycles. The first kappa shape index (κ1) is 13.9. The average Bonchev–Trinajstić information content (AvgIpc) is 2.93. The number of nitrogens with one attached hydrogen (secondary N) is 1. The van der Waals surface area contributed by atoms with Crippen molar-refractivity contribution >= 4 is 5.69 Å². The summed E-state index contributed by atoms with van der Waals surface area (Å²) in [4.78, 5) is 2.16. The van der Waals surface area contributed by atoms with Crippen LogP contribution in [-0.4, -0.2) is 30.8 Å². The molecule has 1 aromatic rings. The van der Waals surface area contributed by atoms with Crippen LogP contribution >= 0.6 is 0 Å². The van der Waals surface area contributed by atoms with E-state index in [-0.39, 0.29) is 12.6 Å². The van der Waals surface area contributed by atoms with Crippen molar-refractivity contribution in [3.63, 3.8) is 0 Å². The maximum absolute atomic E-state index is 9.40. The van der Waals surface area contributed by atoms with Crippen molar-refractivity contribution < 1.29 is 5.11 Å². The second-order valence-electron chi connectivity index (χ2n) is 4.92.